The van der Waals surface area contributed by atoms with E-state index in [1.54, 1.807) is 11.4 Å². The molecule has 0 fully saturated rings. The van der Waals surface area contributed by atoms with Crippen LogP contribution in [0, 0.1) is 5.92 Å². The molecule has 0 bridgehead atoms. The molecule has 192 valence electrons. The summed E-state index contributed by atoms with van der Waals surface area (Å²) in [7, 11) is 0. The maximum atomic E-state index is 13.3. The van der Waals surface area contributed by atoms with E-state index in [2.05, 4.69) is 24.1 Å². The highest BCUT2D eigenvalue weighted by Crippen LogP contribution is 2.33. The normalized spacial score (nSPS) is 13.0. The second kappa shape index (κ2) is 11.3. The van der Waals surface area contributed by atoms with Crippen LogP contribution in [0.15, 0.2) is 47.8 Å². The SMILES string of the molecule is CC(C)CCNC(=O)c1csc(CN(Cc2cccc(C(F)(F)F)c2)Cc2ccc3c(c2)OCO3)n1. The first-order valence-electron chi connectivity index (χ1n) is 11.7. The first-order valence-corrected chi connectivity index (χ1v) is 12.5. The molecular weight excluding hydrogens is 491 g/mol. The van der Waals surface area contributed by atoms with E-state index in [4.69, 9.17) is 9.47 Å². The van der Waals surface area contributed by atoms with Crippen LogP contribution < -0.4 is 14.8 Å². The zero-order valence-electron chi connectivity index (χ0n) is 20.1. The Morgan fingerprint density at radius 1 is 1.08 bits per heavy atom. The van der Waals surface area contributed by atoms with Crippen molar-refractivity contribution >= 4 is 17.2 Å². The number of thiazole rings is 1. The number of carbonyl (C=O) groups excluding carboxylic acids is 1. The van der Waals surface area contributed by atoms with E-state index in [-0.39, 0.29) is 19.2 Å². The molecule has 0 atom stereocenters. The van der Waals surface area contributed by atoms with Crippen LogP contribution in [0.3, 0.4) is 0 Å². The highest BCUT2D eigenvalue weighted by molar-refractivity contribution is 7.09. The fraction of sp³-hybridized carbons (Fsp3) is 0.385. The van der Waals surface area contributed by atoms with Gasteiger partial charge in [-0.1, -0.05) is 38.1 Å². The third-order valence-electron chi connectivity index (χ3n) is 5.65. The van der Waals surface area contributed by atoms with Crippen molar-refractivity contribution in [2.45, 2.75) is 46.1 Å². The van der Waals surface area contributed by atoms with Crippen molar-refractivity contribution < 1.29 is 27.4 Å². The molecule has 0 spiro atoms. The lowest BCUT2D eigenvalue weighted by Crippen LogP contribution is -2.26. The average Bonchev–Trinajstić information content (AvgIpc) is 3.47. The molecule has 1 aliphatic heterocycles. The Hall–Kier alpha value is -3.11. The molecule has 1 aliphatic rings. The van der Waals surface area contributed by atoms with Gasteiger partial charge >= 0.3 is 6.18 Å². The Morgan fingerprint density at radius 3 is 2.58 bits per heavy atom. The van der Waals surface area contributed by atoms with Crippen molar-refractivity contribution in [3.8, 4) is 11.5 Å². The van der Waals surface area contributed by atoms with Gasteiger partial charge < -0.3 is 14.8 Å². The van der Waals surface area contributed by atoms with E-state index in [9.17, 15) is 18.0 Å². The van der Waals surface area contributed by atoms with Crippen LogP contribution in [0.1, 0.15) is 52.5 Å². The molecule has 0 radical (unpaired) electrons. The number of amides is 1. The number of ether oxygens (including phenoxy) is 2. The predicted octanol–water partition coefficient (Wildman–Crippen LogP) is 5.87. The highest BCUT2D eigenvalue weighted by atomic mass is 32.1. The average molecular weight is 520 g/mol. The van der Waals surface area contributed by atoms with Gasteiger partial charge in [-0.25, -0.2) is 4.98 Å². The molecule has 10 heteroatoms. The van der Waals surface area contributed by atoms with Crippen molar-refractivity contribution in [1.82, 2.24) is 15.2 Å². The van der Waals surface area contributed by atoms with Crippen LogP contribution in [0.5, 0.6) is 11.5 Å². The Bertz CT molecular complexity index is 1200. The summed E-state index contributed by atoms with van der Waals surface area (Å²) in [6.07, 6.45) is -3.53. The first kappa shape index (κ1) is 26.0. The lowest BCUT2D eigenvalue weighted by atomic mass is 10.1. The molecule has 0 aliphatic carbocycles. The molecular formula is C26H28F3N3O3S. The number of rotatable bonds is 10. The number of aromatic nitrogens is 1. The third kappa shape index (κ3) is 6.98. The molecule has 6 nitrogen and oxygen atoms in total. The molecule has 2 aromatic carbocycles. The number of alkyl halides is 3. The van der Waals surface area contributed by atoms with Gasteiger partial charge in [0.1, 0.15) is 10.7 Å². The highest BCUT2D eigenvalue weighted by Gasteiger charge is 2.30. The van der Waals surface area contributed by atoms with Crippen LogP contribution in [-0.4, -0.2) is 29.1 Å². The van der Waals surface area contributed by atoms with Crippen LogP contribution in [0.25, 0.3) is 0 Å². The molecule has 1 aromatic heterocycles. The van der Waals surface area contributed by atoms with Gasteiger partial charge in [0.05, 0.1) is 12.1 Å². The zero-order valence-corrected chi connectivity index (χ0v) is 20.9. The summed E-state index contributed by atoms with van der Waals surface area (Å²) in [5, 5.41) is 5.30. The van der Waals surface area contributed by atoms with Crippen LogP contribution >= 0.6 is 11.3 Å². The lowest BCUT2D eigenvalue weighted by molar-refractivity contribution is -0.137. The number of hydrogen-bond acceptors (Lipinski definition) is 6. The Morgan fingerprint density at radius 2 is 1.83 bits per heavy atom. The molecule has 1 amide bonds. The molecule has 0 saturated carbocycles. The molecule has 1 N–H and O–H groups in total. The molecule has 0 saturated heterocycles. The van der Waals surface area contributed by atoms with Gasteiger partial charge in [0.2, 0.25) is 6.79 Å². The van der Waals surface area contributed by atoms with Gasteiger partial charge in [0.25, 0.3) is 5.91 Å². The maximum Gasteiger partial charge on any atom is 0.416 e. The molecule has 36 heavy (non-hydrogen) atoms. The quantitative estimate of drug-likeness (QED) is 0.363. The number of carbonyl (C=O) groups is 1. The largest absolute Gasteiger partial charge is 0.454 e. The monoisotopic (exact) mass is 519 g/mol. The van der Waals surface area contributed by atoms with E-state index in [1.165, 1.54) is 23.5 Å². The van der Waals surface area contributed by atoms with Gasteiger partial charge in [0.15, 0.2) is 11.5 Å². The lowest BCUT2D eigenvalue weighted by Gasteiger charge is -2.22. The summed E-state index contributed by atoms with van der Waals surface area (Å²) in [6, 6.07) is 10.9. The number of halogens is 3. The number of benzene rings is 2. The predicted molar refractivity (Wildman–Crippen MR) is 131 cm³/mol. The standard InChI is InChI=1S/C26H28F3N3O3S/c1-17(2)8-9-30-25(33)21-15-36-24(31-21)14-32(12-18-4-3-5-20(10-18)26(27,28)29)13-19-6-7-22-23(11-19)35-16-34-22/h3-7,10-11,15,17H,8-9,12-14,16H2,1-2H3,(H,30,33). The fourth-order valence-corrected chi connectivity index (χ4v) is 4.63. The minimum absolute atomic E-state index is 0.161. The van der Waals surface area contributed by atoms with Gasteiger partial charge in [-0.3, -0.25) is 9.69 Å². The summed E-state index contributed by atoms with van der Waals surface area (Å²) in [5.74, 6) is 1.56. The summed E-state index contributed by atoms with van der Waals surface area (Å²) in [6.45, 7) is 6.01. The summed E-state index contributed by atoms with van der Waals surface area (Å²) >= 11 is 1.36. The second-order valence-electron chi connectivity index (χ2n) is 9.10. The van der Waals surface area contributed by atoms with Gasteiger partial charge in [-0.2, -0.15) is 13.2 Å². The summed E-state index contributed by atoms with van der Waals surface area (Å²) in [5.41, 5.74) is 1.13. The van der Waals surface area contributed by atoms with Gasteiger partial charge in [-0.15, -0.1) is 11.3 Å². The van der Waals surface area contributed by atoms with E-state index in [1.807, 2.05) is 23.1 Å². The van der Waals surface area contributed by atoms with Crippen molar-refractivity contribution in [3.05, 3.63) is 75.2 Å². The smallest absolute Gasteiger partial charge is 0.416 e. The van der Waals surface area contributed by atoms with E-state index < -0.39 is 11.7 Å². The van der Waals surface area contributed by atoms with Crippen LogP contribution in [-0.2, 0) is 25.8 Å². The maximum absolute atomic E-state index is 13.3. The number of fused-ring (bicyclic) bond motifs is 1. The second-order valence-corrected chi connectivity index (χ2v) is 10.0. The van der Waals surface area contributed by atoms with E-state index in [0.717, 1.165) is 18.1 Å². The number of nitrogens with one attached hydrogen (secondary N) is 1. The summed E-state index contributed by atoms with van der Waals surface area (Å²) < 4.78 is 50.6. The zero-order chi connectivity index (χ0) is 25.7. The van der Waals surface area contributed by atoms with Crippen molar-refractivity contribution in [1.29, 1.82) is 0 Å². The molecule has 4 rings (SSSR count). The number of hydrogen-bond donors (Lipinski definition) is 1. The minimum atomic E-state index is -4.41. The Balaban J connectivity index is 1.50. The van der Waals surface area contributed by atoms with E-state index in [0.29, 0.717) is 53.3 Å². The van der Waals surface area contributed by atoms with Crippen LogP contribution in [0.2, 0.25) is 0 Å². The summed E-state index contributed by atoms with van der Waals surface area (Å²) in [4.78, 5) is 18.9. The van der Waals surface area contributed by atoms with Crippen molar-refractivity contribution in [2.75, 3.05) is 13.3 Å². The van der Waals surface area contributed by atoms with Crippen LogP contribution in [0.4, 0.5) is 13.2 Å². The fourth-order valence-electron chi connectivity index (χ4n) is 3.81. The minimum Gasteiger partial charge on any atom is -0.454 e. The molecule has 2 heterocycles. The third-order valence-corrected chi connectivity index (χ3v) is 6.49. The Labute approximate surface area is 212 Å². The van der Waals surface area contributed by atoms with Gasteiger partial charge in [-0.05, 0) is 41.7 Å². The van der Waals surface area contributed by atoms with E-state index >= 15 is 0 Å². The molecule has 3 aromatic rings. The van der Waals surface area contributed by atoms with Crippen molar-refractivity contribution in [2.24, 2.45) is 5.92 Å². The first-order chi connectivity index (χ1) is 17.2. The van der Waals surface area contributed by atoms with Gasteiger partial charge in [0, 0.05) is 25.0 Å². The molecule has 0 unspecified atom stereocenters. The topological polar surface area (TPSA) is 63.7 Å². The van der Waals surface area contributed by atoms with Crippen molar-refractivity contribution in [3.63, 3.8) is 0 Å². The Kier molecular flexibility index (Phi) is 8.15. The number of nitrogens with zero attached hydrogens (tertiary/aromatic N) is 2.